The summed E-state index contributed by atoms with van der Waals surface area (Å²) in [4.78, 5) is 0. The van der Waals surface area contributed by atoms with Crippen molar-refractivity contribution in [2.24, 2.45) is 0 Å². The van der Waals surface area contributed by atoms with E-state index in [1.807, 2.05) is 12.3 Å². The second-order valence-corrected chi connectivity index (χ2v) is 5.09. The maximum atomic E-state index is 14.3. The third kappa shape index (κ3) is 2.40. The fraction of sp³-hybridized carbons (Fsp3) is 0.222. The van der Waals surface area contributed by atoms with Gasteiger partial charge >= 0.3 is 0 Å². The molecule has 1 heterocycles. The molecule has 2 aromatic carbocycles. The summed E-state index contributed by atoms with van der Waals surface area (Å²) in [5, 5.41) is 1.19. The van der Waals surface area contributed by atoms with Crippen molar-refractivity contribution < 1.29 is 9.13 Å². The van der Waals surface area contributed by atoms with Gasteiger partial charge in [-0.15, -0.1) is 0 Å². The number of aryl methyl sites for hydroxylation is 1. The zero-order chi connectivity index (χ0) is 14.8. The molecule has 0 saturated heterocycles. The predicted molar refractivity (Wildman–Crippen MR) is 83.4 cm³/mol. The molecule has 0 aliphatic carbocycles. The van der Waals surface area contributed by atoms with Crippen LogP contribution in [-0.2, 0) is 13.0 Å². The van der Waals surface area contributed by atoms with Crippen molar-refractivity contribution in [3.63, 3.8) is 0 Å². The van der Waals surface area contributed by atoms with Crippen LogP contribution in [0.25, 0.3) is 10.9 Å². The molecule has 1 aromatic heterocycles. The van der Waals surface area contributed by atoms with Crippen LogP contribution >= 0.6 is 0 Å². The van der Waals surface area contributed by atoms with Gasteiger partial charge in [0.15, 0.2) is 11.6 Å². The highest BCUT2D eigenvalue weighted by Crippen LogP contribution is 2.25. The molecule has 0 saturated carbocycles. The Kier molecular flexibility index (Phi) is 3.65. The minimum absolute atomic E-state index is 0.282. The van der Waals surface area contributed by atoms with Crippen molar-refractivity contribution in [1.82, 2.24) is 4.57 Å². The normalized spacial score (nSPS) is 11.0. The molecule has 21 heavy (non-hydrogen) atoms. The maximum Gasteiger partial charge on any atom is 0.170 e. The zero-order valence-electron chi connectivity index (χ0n) is 12.3. The van der Waals surface area contributed by atoms with Crippen LogP contribution in [0.1, 0.15) is 18.1 Å². The van der Waals surface area contributed by atoms with Crippen molar-refractivity contribution >= 4 is 10.9 Å². The second-order valence-electron chi connectivity index (χ2n) is 5.09. The number of fused-ring (bicyclic) bond motifs is 1. The molecule has 2 nitrogen and oxygen atoms in total. The molecule has 3 heteroatoms. The Bertz CT molecular complexity index is 776. The number of methoxy groups -OCH3 is 1. The molecular weight excluding hydrogens is 265 g/mol. The van der Waals surface area contributed by atoms with Crippen molar-refractivity contribution in [2.45, 2.75) is 19.9 Å². The van der Waals surface area contributed by atoms with Gasteiger partial charge in [0.25, 0.3) is 0 Å². The van der Waals surface area contributed by atoms with Crippen LogP contribution in [0.15, 0.2) is 48.7 Å². The second kappa shape index (κ2) is 5.60. The third-order valence-electron chi connectivity index (χ3n) is 3.86. The highest BCUT2D eigenvalue weighted by Gasteiger charge is 2.11. The van der Waals surface area contributed by atoms with Crippen molar-refractivity contribution in [3.8, 4) is 5.75 Å². The zero-order valence-corrected chi connectivity index (χ0v) is 12.3. The highest BCUT2D eigenvalue weighted by molar-refractivity contribution is 5.83. The SMILES string of the molecule is CCc1cccc2ccn(Cc3cccc(OC)c3F)c12. The van der Waals surface area contributed by atoms with Crippen LogP contribution in [0.3, 0.4) is 0 Å². The first-order valence-electron chi connectivity index (χ1n) is 7.12. The number of benzene rings is 2. The Labute approximate surface area is 123 Å². The summed E-state index contributed by atoms with van der Waals surface area (Å²) >= 11 is 0. The van der Waals surface area contributed by atoms with Gasteiger partial charge < -0.3 is 9.30 Å². The summed E-state index contributed by atoms with van der Waals surface area (Å²) in [6, 6.07) is 13.6. The largest absolute Gasteiger partial charge is 0.494 e. The van der Waals surface area contributed by atoms with Gasteiger partial charge in [0.1, 0.15) is 0 Å². The Morgan fingerprint density at radius 2 is 1.81 bits per heavy atom. The Hall–Kier alpha value is -2.29. The van der Waals surface area contributed by atoms with E-state index in [2.05, 4.69) is 35.8 Å². The van der Waals surface area contributed by atoms with E-state index in [1.54, 1.807) is 12.1 Å². The van der Waals surface area contributed by atoms with Crippen LogP contribution in [0, 0.1) is 5.82 Å². The van der Waals surface area contributed by atoms with Crippen LogP contribution in [0.4, 0.5) is 4.39 Å². The molecule has 0 aliphatic rings. The number of para-hydroxylation sites is 1. The number of aromatic nitrogens is 1. The molecule has 0 radical (unpaired) electrons. The number of hydrogen-bond donors (Lipinski definition) is 0. The Morgan fingerprint density at radius 3 is 2.57 bits per heavy atom. The van der Waals surface area contributed by atoms with Crippen molar-refractivity contribution in [1.29, 1.82) is 0 Å². The number of rotatable bonds is 4. The molecule has 0 amide bonds. The van der Waals surface area contributed by atoms with Gasteiger partial charge in [-0.1, -0.05) is 37.3 Å². The van der Waals surface area contributed by atoms with Gasteiger partial charge in [-0.2, -0.15) is 0 Å². The molecule has 0 fully saturated rings. The molecule has 108 valence electrons. The van der Waals surface area contributed by atoms with Gasteiger partial charge in [0.2, 0.25) is 0 Å². The van der Waals surface area contributed by atoms with Gasteiger partial charge in [-0.05, 0) is 29.5 Å². The van der Waals surface area contributed by atoms with Crippen LogP contribution in [0.2, 0.25) is 0 Å². The fourth-order valence-electron chi connectivity index (χ4n) is 2.78. The fourth-order valence-corrected chi connectivity index (χ4v) is 2.78. The summed E-state index contributed by atoms with van der Waals surface area (Å²) in [5.74, 6) is 0.00973. The van der Waals surface area contributed by atoms with E-state index < -0.39 is 0 Å². The molecule has 0 N–H and O–H groups in total. The lowest BCUT2D eigenvalue weighted by molar-refractivity contribution is 0.383. The van der Waals surface area contributed by atoms with E-state index in [-0.39, 0.29) is 5.82 Å². The Balaban J connectivity index is 2.07. The van der Waals surface area contributed by atoms with Crippen LogP contribution in [0.5, 0.6) is 5.75 Å². The van der Waals surface area contributed by atoms with E-state index in [0.29, 0.717) is 17.9 Å². The first-order valence-corrected chi connectivity index (χ1v) is 7.12. The lowest BCUT2D eigenvalue weighted by Crippen LogP contribution is -2.03. The average molecular weight is 283 g/mol. The van der Waals surface area contributed by atoms with Crippen molar-refractivity contribution in [3.05, 3.63) is 65.6 Å². The number of halogens is 1. The van der Waals surface area contributed by atoms with E-state index >= 15 is 0 Å². The van der Waals surface area contributed by atoms with E-state index in [1.165, 1.54) is 23.6 Å². The smallest absolute Gasteiger partial charge is 0.170 e. The summed E-state index contributed by atoms with van der Waals surface area (Å²) in [6.45, 7) is 2.64. The van der Waals surface area contributed by atoms with E-state index in [9.17, 15) is 4.39 Å². The third-order valence-corrected chi connectivity index (χ3v) is 3.86. The van der Waals surface area contributed by atoms with E-state index in [4.69, 9.17) is 4.74 Å². The van der Waals surface area contributed by atoms with Gasteiger partial charge in [0.05, 0.1) is 19.2 Å². The molecular formula is C18H18FNO. The summed E-state index contributed by atoms with van der Waals surface area (Å²) < 4.78 is 21.5. The topological polar surface area (TPSA) is 14.2 Å². The number of nitrogens with zero attached hydrogens (tertiary/aromatic N) is 1. The molecule has 3 aromatic rings. The molecule has 3 rings (SSSR count). The van der Waals surface area contributed by atoms with E-state index in [0.717, 1.165) is 6.42 Å². The summed E-state index contributed by atoms with van der Waals surface area (Å²) in [7, 11) is 1.49. The maximum absolute atomic E-state index is 14.3. The predicted octanol–water partition coefficient (Wildman–Crippen LogP) is 4.40. The molecule has 0 atom stereocenters. The van der Waals surface area contributed by atoms with Crippen LogP contribution < -0.4 is 4.74 Å². The first-order chi connectivity index (χ1) is 10.2. The quantitative estimate of drug-likeness (QED) is 0.692. The van der Waals surface area contributed by atoms with Gasteiger partial charge in [-0.25, -0.2) is 4.39 Å². The molecule has 0 aliphatic heterocycles. The minimum Gasteiger partial charge on any atom is -0.494 e. The lowest BCUT2D eigenvalue weighted by Gasteiger charge is -2.11. The average Bonchev–Trinajstić information content (AvgIpc) is 2.92. The number of ether oxygens (including phenoxy) is 1. The molecule has 0 bridgehead atoms. The summed E-state index contributed by atoms with van der Waals surface area (Å²) in [5.41, 5.74) is 3.10. The summed E-state index contributed by atoms with van der Waals surface area (Å²) in [6.07, 6.45) is 2.98. The standard InChI is InChI=1S/C18H18FNO/c1-3-13-6-4-7-14-10-11-20(18(13)14)12-15-8-5-9-16(21-2)17(15)19/h4-11H,3,12H2,1-2H3. The number of hydrogen-bond acceptors (Lipinski definition) is 1. The molecule has 0 unspecified atom stereocenters. The molecule has 0 spiro atoms. The van der Waals surface area contributed by atoms with Crippen LogP contribution in [-0.4, -0.2) is 11.7 Å². The van der Waals surface area contributed by atoms with Gasteiger partial charge in [0, 0.05) is 11.8 Å². The minimum atomic E-state index is -0.282. The monoisotopic (exact) mass is 283 g/mol. The van der Waals surface area contributed by atoms with Crippen molar-refractivity contribution in [2.75, 3.05) is 7.11 Å². The highest BCUT2D eigenvalue weighted by atomic mass is 19.1. The Morgan fingerprint density at radius 1 is 1.05 bits per heavy atom. The first kappa shape index (κ1) is 13.7. The van der Waals surface area contributed by atoms with Gasteiger partial charge in [-0.3, -0.25) is 0 Å². The lowest BCUT2D eigenvalue weighted by atomic mass is 10.1.